The molecule has 0 aromatic heterocycles. The second-order valence-corrected chi connectivity index (χ2v) is 5.59. The molecule has 1 aliphatic rings. The summed E-state index contributed by atoms with van der Waals surface area (Å²) in [4.78, 5) is 12.4. The van der Waals surface area contributed by atoms with E-state index >= 15 is 0 Å². The van der Waals surface area contributed by atoms with Gasteiger partial charge in [-0.25, -0.2) is 0 Å². The molecule has 3 nitrogen and oxygen atoms in total. The molecular weight excluding hydrogens is 262 g/mol. The van der Waals surface area contributed by atoms with Gasteiger partial charge in [-0.1, -0.05) is 54.6 Å². The quantitative estimate of drug-likeness (QED) is 0.908. The predicted octanol–water partition coefficient (Wildman–Crippen LogP) is 2.56. The molecule has 2 aromatic carbocycles. The Morgan fingerprint density at radius 1 is 1.14 bits per heavy atom. The average Bonchev–Trinajstić information content (AvgIpc) is 2.83. The van der Waals surface area contributed by atoms with E-state index in [1.807, 2.05) is 61.5 Å². The van der Waals surface area contributed by atoms with Crippen LogP contribution in [0.2, 0.25) is 0 Å². The zero-order valence-corrected chi connectivity index (χ0v) is 12.0. The SMILES string of the molecule is CC(C(=O)N[C@@H]1c2ccccc2C[C@@H]1O)c1ccccc1. The second kappa shape index (κ2) is 5.70. The summed E-state index contributed by atoms with van der Waals surface area (Å²) in [5.74, 6) is -0.284. The zero-order valence-electron chi connectivity index (χ0n) is 12.0. The monoisotopic (exact) mass is 281 g/mol. The number of aliphatic hydroxyl groups excluding tert-OH is 1. The standard InChI is InChI=1S/C18H19NO2/c1-12(13-7-3-2-4-8-13)18(21)19-17-15-10-6-5-9-14(15)11-16(17)20/h2-10,12,16-17,20H,11H2,1H3,(H,19,21)/t12?,16-,17+/m0/s1. The number of carbonyl (C=O) groups is 1. The van der Waals surface area contributed by atoms with Gasteiger partial charge in [-0.05, 0) is 23.6 Å². The van der Waals surface area contributed by atoms with E-state index in [4.69, 9.17) is 0 Å². The summed E-state index contributed by atoms with van der Waals surface area (Å²) in [5.41, 5.74) is 3.12. The fraction of sp³-hybridized carbons (Fsp3) is 0.278. The van der Waals surface area contributed by atoms with Crippen LogP contribution in [0.3, 0.4) is 0 Å². The van der Waals surface area contributed by atoms with Gasteiger partial charge in [-0.2, -0.15) is 0 Å². The third-order valence-electron chi connectivity index (χ3n) is 4.19. The van der Waals surface area contributed by atoms with E-state index in [9.17, 15) is 9.90 Å². The number of nitrogens with one attached hydrogen (secondary N) is 1. The minimum absolute atomic E-state index is 0.0537. The van der Waals surface area contributed by atoms with Gasteiger partial charge < -0.3 is 10.4 Å². The summed E-state index contributed by atoms with van der Waals surface area (Å²) < 4.78 is 0. The minimum atomic E-state index is -0.547. The lowest BCUT2D eigenvalue weighted by molar-refractivity contribution is -0.123. The normalized spacial score (nSPS) is 21.6. The first-order valence-corrected chi connectivity index (χ1v) is 7.28. The van der Waals surface area contributed by atoms with Gasteiger partial charge in [0.25, 0.3) is 0 Å². The highest BCUT2D eigenvalue weighted by atomic mass is 16.3. The van der Waals surface area contributed by atoms with Gasteiger partial charge in [0.05, 0.1) is 18.1 Å². The Morgan fingerprint density at radius 2 is 1.81 bits per heavy atom. The molecule has 0 aliphatic heterocycles. The Bertz CT molecular complexity index is 639. The maximum atomic E-state index is 12.4. The predicted molar refractivity (Wildman–Crippen MR) is 81.9 cm³/mol. The zero-order chi connectivity index (χ0) is 14.8. The Kier molecular flexibility index (Phi) is 3.76. The average molecular weight is 281 g/mol. The highest BCUT2D eigenvalue weighted by Crippen LogP contribution is 2.31. The Labute approximate surface area is 124 Å². The van der Waals surface area contributed by atoms with Crippen LogP contribution in [0, 0.1) is 0 Å². The van der Waals surface area contributed by atoms with E-state index in [2.05, 4.69) is 5.32 Å². The van der Waals surface area contributed by atoms with Gasteiger partial charge in [0, 0.05) is 6.42 Å². The summed E-state index contributed by atoms with van der Waals surface area (Å²) in [6, 6.07) is 17.3. The summed E-state index contributed by atoms with van der Waals surface area (Å²) in [5, 5.41) is 13.2. The van der Waals surface area contributed by atoms with Crippen LogP contribution in [-0.4, -0.2) is 17.1 Å². The van der Waals surface area contributed by atoms with Crippen LogP contribution in [0.4, 0.5) is 0 Å². The fourth-order valence-corrected chi connectivity index (χ4v) is 2.92. The molecule has 1 unspecified atom stereocenters. The highest BCUT2D eigenvalue weighted by Gasteiger charge is 2.32. The largest absolute Gasteiger partial charge is 0.390 e. The Morgan fingerprint density at radius 3 is 2.57 bits per heavy atom. The van der Waals surface area contributed by atoms with Crippen molar-refractivity contribution < 1.29 is 9.90 Å². The number of rotatable bonds is 3. The van der Waals surface area contributed by atoms with Gasteiger partial charge in [0.2, 0.25) is 5.91 Å². The van der Waals surface area contributed by atoms with Crippen molar-refractivity contribution in [1.29, 1.82) is 0 Å². The first kappa shape index (κ1) is 13.8. The fourth-order valence-electron chi connectivity index (χ4n) is 2.92. The summed E-state index contributed by atoms with van der Waals surface area (Å²) >= 11 is 0. The molecule has 0 fully saturated rings. The summed E-state index contributed by atoms with van der Waals surface area (Å²) in [6.07, 6.45) is 0.0511. The molecule has 1 aliphatic carbocycles. The third-order valence-corrected chi connectivity index (χ3v) is 4.19. The van der Waals surface area contributed by atoms with Gasteiger partial charge in [-0.3, -0.25) is 4.79 Å². The van der Waals surface area contributed by atoms with E-state index in [1.54, 1.807) is 0 Å². The van der Waals surface area contributed by atoms with E-state index in [0.717, 1.165) is 16.7 Å². The van der Waals surface area contributed by atoms with Crippen LogP contribution in [0.25, 0.3) is 0 Å². The van der Waals surface area contributed by atoms with Crippen molar-refractivity contribution in [3.63, 3.8) is 0 Å². The van der Waals surface area contributed by atoms with Crippen LogP contribution in [-0.2, 0) is 11.2 Å². The smallest absolute Gasteiger partial charge is 0.227 e. The molecule has 2 aromatic rings. The van der Waals surface area contributed by atoms with Gasteiger partial charge in [-0.15, -0.1) is 0 Å². The van der Waals surface area contributed by atoms with Crippen molar-refractivity contribution in [3.8, 4) is 0 Å². The van der Waals surface area contributed by atoms with Crippen molar-refractivity contribution >= 4 is 5.91 Å². The number of amides is 1. The number of fused-ring (bicyclic) bond motifs is 1. The van der Waals surface area contributed by atoms with Crippen LogP contribution >= 0.6 is 0 Å². The van der Waals surface area contributed by atoms with Crippen LogP contribution in [0.1, 0.15) is 35.6 Å². The molecule has 3 atom stereocenters. The molecular formula is C18H19NO2. The van der Waals surface area contributed by atoms with E-state index in [0.29, 0.717) is 6.42 Å². The molecule has 0 bridgehead atoms. The number of benzene rings is 2. The van der Waals surface area contributed by atoms with E-state index in [-0.39, 0.29) is 17.9 Å². The van der Waals surface area contributed by atoms with Crippen molar-refractivity contribution in [2.24, 2.45) is 0 Å². The highest BCUT2D eigenvalue weighted by molar-refractivity contribution is 5.83. The summed E-state index contributed by atoms with van der Waals surface area (Å²) in [6.45, 7) is 1.89. The molecule has 3 rings (SSSR count). The first-order chi connectivity index (χ1) is 10.2. The molecule has 0 radical (unpaired) electrons. The van der Waals surface area contributed by atoms with Gasteiger partial charge in [0.1, 0.15) is 0 Å². The Hall–Kier alpha value is -2.13. The van der Waals surface area contributed by atoms with Gasteiger partial charge in [0.15, 0.2) is 0 Å². The van der Waals surface area contributed by atoms with Crippen LogP contribution < -0.4 is 5.32 Å². The molecule has 21 heavy (non-hydrogen) atoms. The van der Waals surface area contributed by atoms with Crippen molar-refractivity contribution in [1.82, 2.24) is 5.32 Å². The molecule has 1 amide bonds. The lowest BCUT2D eigenvalue weighted by Gasteiger charge is -2.21. The lowest BCUT2D eigenvalue weighted by Crippen LogP contribution is -2.36. The molecule has 108 valence electrons. The van der Waals surface area contributed by atoms with Gasteiger partial charge >= 0.3 is 0 Å². The van der Waals surface area contributed by atoms with Crippen LogP contribution in [0.15, 0.2) is 54.6 Å². The number of hydrogen-bond acceptors (Lipinski definition) is 2. The summed E-state index contributed by atoms with van der Waals surface area (Å²) in [7, 11) is 0. The molecule has 0 saturated carbocycles. The van der Waals surface area contributed by atoms with E-state index < -0.39 is 6.10 Å². The molecule has 0 saturated heterocycles. The number of hydrogen-bond donors (Lipinski definition) is 2. The molecule has 0 spiro atoms. The van der Waals surface area contributed by atoms with Crippen molar-refractivity contribution in [2.75, 3.05) is 0 Å². The Balaban J connectivity index is 1.76. The van der Waals surface area contributed by atoms with Crippen molar-refractivity contribution in [3.05, 3.63) is 71.3 Å². The number of carbonyl (C=O) groups excluding carboxylic acids is 1. The second-order valence-electron chi connectivity index (χ2n) is 5.59. The van der Waals surface area contributed by atoms with Crippen LogP contribution in [0.5, 0.6) is 0 Å². The lowest BCUT2D eigenvalue weighted by atomic mass is 9.99. The first-order valence-electron chi connectivity index (χ1n) is 7.28. The van der Waals surface area contributed by atoms with E-state index in [1.165, 1.54) is 0 Å². The topological polar surface area (TPSA) is 49.3 Å². The maximum absolute atomic E-state index is 12.4. The molecule has 3 heteroatoms. The molecule has 2 N–H and O–H groups in total. The number of aliphatic hydroxyl groups is 1. The molecule has 0 heterocycles. The maximum Gasteiger partial charge on any atom is 0.227 e. The van der Waals surface area contributed by atoms with Crippen molar-refractivity contribution in [2.45, 2.75) is 31.4 Å². The third kappa shape index (κ3) is 2.69. The minimum Gasteiger partial charge on any atom is -0.390 e.